The molecule has 2 aromatic rings. The summed E-state index contributed by atoms with van der Waals surface area (Å²) in [6.45, 7) is 11.6. The van der Waals surface area contributed by atoms with Crippen molar-refractivity contribution in [1.29, 1.82) is 0 Å². The summed E-state index contributed by atoms with van der Waals surface area (Å²) in [5.41, 5.74) is 8.67. The first-order valence-electron chi connectivity index (χ1n) is 8.44. The van der Waals surface area contributed by atoms with E-state index in [1.54, 1.807) is 0 Å². The average Bonchev–Trinajstić information content (AvgIpc) is 2.79. The van der Waals surface area contributed by atoms with Crippen LogP contribution in [0.1, 0.15) is 45.7 Å². The lowest BCUT2D eigenvalue weighted by molar-refractivity contribution is 0.449. The van der Waals surface area contributed by atoms with E-state index in [2.05, 4.69) is 95.3 Å². The molecule has 0 saturated heterocycles. The second-order valence-electron chi connectivity index (χ2n) is 6.98. The quantitative estimate of drug-likeness (QED) is 0.624. The van der Waals surface area contributed by atoms with Gasteiger partial charge in [-0.05, 0) is 50.0 Å². The Hall–Kier alpha value is -2.08. The van der Waals surface area contributed by atoms with Crippen molar-refractivity contribution in [1.82, 2.24) is 0 Å². The van der Waals surface area contributed by atoms with E-state index >= 15 is 0 Å². The van der Waals surface area contributed by atoms with Crippen LogP contribution in [0.15, 0.2) is 83.0 Å². The van der Waals surface area contributed by atoms with Gasteiger partial charge in [0.25, 0.3) is 0 Å². The van der Waals surface area contributed by atoms with E-state index in [9.17, 15) is 0 Å². The van der Waals surface area contributed by atoms with E-state index in [1.807, 2.05) is 0 Å². The van der Waals surface area contributed by atoms with E-state index in [-0.39, 0.29) is 5.41 Å². The van der Waals surface area contributed by atoms with Crippen molar-refractivity contribution in [3.8, 4) is 0 Å². The van der Waals surface area contributed by atoms with Gasteiger partial charge >= 0.3 is 0 Å². The van der Waals surface area contributed by atoms with Gasteiger partial charge in [0.15, 0.2) is 0 Å². The maximum Gasteiger partial charge on any atom is 0.0277 e. The minimum atomic E-state index is -0.0459. The summed E-state index contributed by atoms with van der Waals surface area (Å²) in [5, 5.41) is 0. The maximum atomic E-state index is 2.40. The molecule has 0 fully saturated rings. The highest BCUT2D eigenvalue weighted by atomic mass is 14.5. The van der Waals surface area contributed by atoms with Crippen LogP contribution in [0.25, 0.3) is 0 Å². The normalized spacial score (nSPS) is 16.4. The van der Waals surface area contributed by atoms with E-state index in [4.69, 9.17) is 0 Å². The van der Waals surface area contributed by atoms with Crippen molar-refractivity contribution in [3.63, 3.8) is 0 Å². The molecule has 0 atom stereocenters. The lowest BCUT2D eigenvalue weighted by atomic mass is 9.63. The van der Waals surface area contributed by atoms with Gasteiger partial charge in [0.05, 0.1) is 0 Å². The van der Waals surface area contributed by atoms with Crippen LogP contribution in [0.3, 0.4) is 0 Å². The zero-order chi connectivity index (χ0) is 16.6. The number of allylic oxidation sites excluding steroid dienone is 4. The molecule has 1 aliphatic rings. The summed E-state index contributed by atoms with van der Waals surface area (Å²) in [5.74, 6) is 0.423. The van der Waals surface area contributed by atoms with Crippen molar-refractivity contribution in [2.75, 3.05) is 0 Å². The summed E-state index contributed by atoms with van der Waals surface area (Å²) in [7, 11) is 0. The molecule has 23 heavy (non-hydrogen) atoms. The summed E-state index contributed by atoms with van der Waals surface area (Å²) < 4.78 is 0. The Morgan fingerprint density at radius 3 is 1.30 bits per heavy atom. The van der Waals surface area contributed by atoms with Crippen molar-refractivity contribution >= 4 is 0 Å². The van der Waals surface area contributed by atoms with Gasteiger partial charge < -0.3 is 0 Å². The first-order chi connectivity index (χ1) is 11.0. The molecule has 0 bridgehead atoms. The molecule has 0 heterocycles. The molecule has 0 unspecified atom stereocenters. The van der Waals surface area contributed by atoms with Gasteiger partial charge in [-0.3, -0.25) is 0 Å². The molecule has 118 valence electrons. The fourth-order valence-electron chi connectivity index (χ4n) is 4.28. The van der Waals surface area contributed by atoms with Crippen LogP contribution in [0.5, 0.6) is 0 Å². The van der Waals surface area contributed by atoms with E-state index in [0.717, 1.165) is 0 Å². The highest BCUT2D eigenvalue weighted by molar-refractivity contribution is 5.54. The first kappa shape index (κ1) is 15.8. The lowest BCUT2D eigenvalue weighted by Gasteiger charge is -2.39. The summed E-state index contributed by atoms with van der Waals surface area (Å²) >= 11 is 0. The number of rotatable bonds is 3. The Morgan fingerprint density at radius 1 is 0.609 bits per heavy atom. The predicted octanol–water partition coefficient (Wildman–Crippen LogP) is 6.30. The Kier molecular flexibility index (Phi) is 4.02. The van der Waals surface area contributed by atoms with Crippen LogP contribution in [-0.2, 0) is 5.41 Å². The topological polar surface area (TPSA) is 0 Å². The molecular weight excluding hydrogens is 276 g/mol. The van der Waals surface area contributed by atoms with Crippen molar-refractivity contribution in [3.05, 3.63) is 94.1 Å². The van der Waals surface area contributed by atoms with Crippen LogP contribution in [-0.4, -0.2) is 0 Å². The molecule has 0 heteroatoms. The SMILES string of the molecule is CC1=C(C)C(C(C)(c2ccccc2)c2ccccc2)C(C)=C1C. The van der Waals surface area contributed by atoms with E-state index in [0.29, 0.717) is 5.92 Å². The molecule has 1 aliphatic carbocycles. The number of hydrogen-bond donors (Lipinski definition) is 0. The number of benzene rings is 2. The third-order valence-corrected chi connectivity index (χ3v) is 5.94. The molecule has 0 nitrogen and oxygen atoms in total. The molecule has 0 radical (unpaired) electrons. The van der Waals surface area contributed by atoms with Gasteiger partial charge in [0, 0.05) is 11.3 Å². The Labute approximate surface area is 140 Å². The average molecular weight is 302 g/mol. The van der Waals surface area contributed by atoms with Crippen LogP contribution >= 0.6 is 0 Å². The van der Waals surface area contributed by atoms with Crippen molar-refractivity contribution in [2.24, 2.45) is 5.92 Å². The number of hydrogen-bond acceptors (Lipinski definition) is 0. The van der Waals surface area contributed by atoms with Crippen LogP contribution < -0.4 is 0 Å². The highest BCUT2D eigenvalue weighted by Crippen LogP contribution is 2.51. The minimum Gasteiger partial charge on any atom is -0.0622 e. The van der Waals surface area contributed by atoms with E-state index < -0.39 is 0 Å². The van der Waals surface area contributed by atoms with Crippen molar-refractivity contribution in [2.45, 2.75) is 40.0 Å². The van der Waals surface area contributed by atoms with Gasteiger partial charge in [-0.1, -0.05) is 78.7 Å². The predicted molar refractivity (Wildman–Crippen MR) is 99.6 cm³/mol. The molecule has 0 spiro atoms. The van der Waals surface area contributed by atoms with Gasteiger partial charge in [-0.25, -0.2) is 0 Å². The summed E-state index contributed by atoms with van der Waals surface area (Å²) in [6, 6.07) is 21.9. The van der Waals surface area contributed by atoms with Crippen molar-refractivity contribution < 1.29 is 0 Å². The molecule has 0 saturated carbocycles. The molecule has 0 aromatic heterocycles. The highest BCUT2D eigenvalue weighted by Gasteiger charge is 2.42. The van der Waals surface area contributed by atoms with Gasteiger partial charge in [-0.2, -0.15) is 0 Å². The second-order valence-corrected chi connectivity index (χ2v) is 6.98. The fourth-order valence-corrected chi connectivity index (χ4v) is 4.28. The molecule has 0 N–H and O–H groups in total. The molecule has 2 aromatic carbocycles. The third-order valence-electron chi connectivity index (χ3n) is 5.94. The largest absolute Gasteiger partial charge is 0.0622 e. The fraction of sp³-hybridized carbons (Fsp3) is 0.304. The van der Waals surface area contributed by atoms with Crippen LogP contribution in [0.2, 0.25) is 0 Å². The molecular formula is C23H26. The Morgan fingerprint density at radius 2 is 0.957 bits per heavy atom. The monoisotopic (exact) mass is 302 g/mol. The molecule has 0 amide bonds. The zero-order valence-electron chi connectivity index (χ0n) is 14.9. The first-order valence-corrected chi connectivity index (χ1v) is 8.44. The van der Waals surface area contributed by atoms with Gasteiger partial charge in [-0.15, -0.1) is 0 Å². The summed E-state index contributed by atoms with van der Waals surface area (Å²) in [4.78, 5) is 0. The molecule has 3 rings (SSSR count). The maximum absolute atomic E-state index is 2.40. The van der Waals surface area contributed by atoms with Crippen LogP contribution in [0.4, 0.5) is 0 Å². The summed E-state index contributed by atoms with van der Waals surface area (Å²) in [6.07, 6.45) is 0. The smallest absolute Gasteiger partial charge is 0.0277 e. The molecule has 0 aliphatic heterocycles. The Bertz CT molecular complexity index is 697. The second kappa shape index (κ2) is 5.85. The van der Waals surface area contributed by atoms with Crippen LogP contribution in [0, 0.1) is 5.92 Å². The standard InChI is InChI=1S/C23H26/c1-16-17(2)19(4)22(18(16)3)23(5,20-12-8-6-9-13-20)21-14-10-7-11-15-21/h6-15,22H,1-5H3. The lowest BCUT2D eigenvalue weighted by Crippen LogP contribution is -2.34. The van der Waals surface area contributed by atoms with Gasteiger partial charge in [0.2, 0.25) is 0 Å². The van der Waals surface area contributed by atoms with Gasteiger partial charge in [0.1, 0.15) is 0 Å². The minimum absolute atomic E-state index is 0.0459. The third kappa shape index (κ3) is 2.37. The van der Waals surface area contributed by atoms with E-state index in [1.165, 1.54) is 33.4 Å². The zero-order valence-corrected chi connectivity index (χ0v) is 14.9. The Balaban J connectivity index is 2.27.